The molecule has 1 aliphatic rings. The lowest BCUT2D eigenvalue weighted by atomic mass is 9.96. The Balaban J connectivity index is 1.71. The van der Waals surface area contributed by atoms with Crippen molar-refractivity contribution in [1.82, 2.24) is 15.0 Å². The highest BCUT2D eigenvalue weighted by Gasteiger charge is 2.24. The first-order chi connectivity index (χ1) is 12.9. The standard InChI is InChI=1S/C20H28N6O/c1-13(2)19-24-14(3)11-17(25-19)23-12-16-5-4-8-22-20(16)26-9-6-15(7-10-26)18(21)27/h4-5,8,11,13,15H,6-7,9-10,12H2,1-3H3,(H2,21,27)(H,23,24,25). The van der Waals surface area contributed by atoms with Crippen LogP contribution in [0.5, 0.6) is 0 Å². The minimum Gasteiger partial charge on any atom is -0.369 e. The highest BCUT2D eigenvalue weighted by molar-refractivity contribution is 5.77. The van der Waals surface area contributed by atoms with E-state index in [2.05, 4.69) is 45.1 Å². The second-order valence-electron chi connectivity index (χ2n) is 7.41. The number of pyridine rings is 1. The summed E-state index contributed by atoms with van der Waals surface area (Å²) in [5.74, 6) is 2.70. The van der Waals surface area contributed by atoms with E-state index in [4.69, 9.17) is 5.73 Å². The molecule has 27 heavy (non-hydrogen) atoms. The summed E-state index contributed by atoms with van der Waals surface area (Å²) in [4.78, 5) is 27.3. The zero-order valence-corrected chi connectivity index (χ0v) is 16.3. The molecule has 1 aliphatic heterocycles. The van der Waals surface area contributed by atoms with E-state index in [0.29, 0.717) is 6.54 Å². The number of piperidine rings is 1. The Kier molecular flexibility index (Phi) is 5.88. The maximum Gasteiger partial charge on any atom is 0.220 e. The van der Waals surface area contributed by atoms with Crippen molar-refractivity contribution in [3.8, 4) is 0 Å². The number of carbonyl (C=O) groups is 1. The molecule has 2 aromatic heterocycles. The number of rotatable bonds is 6. The molecule has 0 atom stereocenters. The van der Waals surface area contributed by atoms with E-state index in [1.165, 1.54) is 0 Å². The van der Waals surface area contributed by atoms with Gasteiger partial charge < -0.3 is 16.0 Å². The lowest BCUT2D eigenvalue weighted by Crippen LogP contribution is -2.39. The van der Waals surface area contributed by atoms with Crippen molar-refractivity contribution >= 4 is 17.5 Å². The summed E-state index contributed by atoms with van der Waals surface area (Å²) in [5, 5.41) is 3.41. The first-order valence-corrected chi connectivity index (χ1v) is 9.51. The third-order valence-corrected chi connectivity index (χ3v) is 4.91. The molecule has 1 saturated heterocycles. The fourth-order valence-corrected chi connectivity index (χ4v) is 3.35. The zero-order valence-electron chi connectivity index (χ0n) is 16.3. The number of anilines is 2. The van der Waals surface area contributed by atoms with Crippen molar-refractivity contribution < 1.29 is 4.79 Å². The zero-order chi connectivity index (χ0) is 19.4. The van der Waals surface area contributed by atoms with E-state index in [-0.39, 0.29) is 17.7 Å². The average Bonchev–Trinajstić information content (AvgIpc) is 2.66. The Morgan fingerprint density at radius 1 is 1.33 bits per heavy atom. The van der Waals surface area contributed by atoms with Crippen LogP contribution in [-0.2, 0) is 11.3 Å². The molecule has 0 unspecified atom stereocenters. The highest BCUT2D eigenvalue weighted by atomic mass is 16.1. The first-order valence-electron chi connectivity index (χ1n) is 9.51. The topological polar surface area (TPSA) is 97.0 Å². The highest BCUT2D eigenvalue weighted by Crippen LogP contribution is 2.25. The molecule has 3 N–H and O–H groups in total. The second kappa shape index (κ2) is 8.33. The molecule has 3 rings (SSSR count). The third kappa shape index (κ3) is 4.72. The van der Waals surface area contributed by atoms with Gasteiger partial charge in [-0.3, -0.25) is 4.79 Å². The van der Waals surface area contributed by atoms with Crippen molar-refractivity contribution in [2.75, 3.05) is 23.3 Å². The molecule has 0 bridgehead atoms. The maximum atomic E-state index is 11.4. The summed E-state index contributed by atoms with van der Waals surface area (Å²) in [6.45, 7) is 8.38. The van der Waals surface area contributed by atoms with E-state index in [0.717, 1.165) is 54.6 Å². The molecule has 0 radical (unpaired) electrons. The quantitative estimate of drug-likeness (QED) is 0.813. The Morgan fingerprint density at radius 2 is 2.07 bits per heavy atom. The summed E-state index contributed by atoms with van der Waals surface area (Å²) >= 11 is 0. The number of carbonyl (C=O) groups excluding carboxylic acids is 1. The predicted octanol–water partition coefficient (Wildman–Crippen LogP) is 2.62. The molecule has 2 aromatic rings. The number of nitrogens with one attached hydrogen (secondary N) is 1. The van der Waals surface area contributed by atoms with Gasteiger partial charge in [0.2, 0.25) is 5.91 Å². The van der Waals surface area contributed by atoms with Crippen molar-refractivity contribution in [1.29, 1.82) is 0 Å². The van der Waals surface area contributed by atoms with E-state index in [9.17, 15) is 4.79 Å². The first kappa shape index (κ1) is 19.1. The number of nitrogens with two attached hydrogens (primary N) is 1. The Morgan fingerprint density at radius 3 is 2.74 bits per heavy atom. The van der Waals surface area contributed by atoms with Gasteiger partial charge in [0.1, 0.15) is 17.5 Å². The van der Waals surface area contributed by atoms with Crippen molar-refractivity contribution in [2.24, 2.45) is 11.7 Å². The van der Waals surface area contributed by atoms with Crippen LogP contribution in [0.15, 0.2) is 24.4 Å². The van der Waals surface area contributed by atoms with Gasteiger partial charge in [-0.15, -0.1) is 0 Å². The van der Waals surface area contributed by atoms with E-state index in [1.54, 1.807) is 0 Å². The minimum absolute atomic E-state index is 0.0232. The number of nitrogens with zero attached hydrogens (tertiary/aromatic N) is 4. The summed E-state index contributed by atoms with van der Waals surface area (Å²) in [6, 6.07) is 5.98. The van der Waals surface area contributed by atoms with Crippen LogP contribution in [0, 0.1) is 12.8 Å². The molecule has 0 aliphatic carbocycles. The Hall–Kier alpha value is -2.70. The number of amides is 1. The van der Waals surface area contributed by atoms with Crippen LogP contribution in [0.25, 0.3) is 0 Å². The normalized spacial score (nSPS) is 15.2. The van der Waals surface area contributed by atoms with Gasteiger partial charge >= 0.3 is 0 Å². The van der Waals surface area contributed by atoms with Gasteiger partial charge in [0.25, 0.3) is 0 Å². The monoisotopic (exact) mass is 368 g/mol. The van der Waals surface area contributed by atoms with Crippen LogP contribution in [0.1, 0.15) is 49.7 Å². The average molecular weight is 368 g/mol. The van der Waals surface area contributed by atoms with Crippen molar-refractivity contribution in [3.05, 3.63) is 41.5 Å². The van der Waals surface area contributed by atoms with Crippen LogP contribution >= 0.6 is 0 Å². The minimum atomic E-state index is -0.197. The summed E-state index contributed by atoms with van der Waals surface area (Å²) in [6.07, 6.45) is 3.37. The van der Waals surface area contributed by atoms with Gasteiger partial charge in [0.15, 0.2) is 0 Å². The molecule has 7 nitrogen and oxygen atoms in total. The molecule has 1 fully saturated rings. The fraction of sp³-hybridized carbons (Fsp3) is 0.500. The van der Waals surface area contributed by atoms with E-state index >= 15 is 0 Å². The van der Waals surface area contributed by atoms with Gasteiger partial charge in [-0.2, -0.15) is 0 Å². The third-order valence-electron chi connectivity index (χ3n) is 4.91. The van der Waals surface area contributed by atoms with Gasteiger partial charge in [0.05, 0.1) is 0 Å². The summed E-state index contributed by atoms with van der Waals surface area (Å²) in [5.41, 5.74) is 7.51. The lowest BCUT2D eigenvalue weighted by Gasteiger charge is -2.32. The Labute approximate surface area is 160 Å². The van der Waals surface area contributed by atoms with Gasteiger partial charge in [0, 0.05) is 55.0 Å². The molecule has 7 heteroatoms. The van der Waals surface area contributed by atoms with Crippen LogP contribution < -0.4 is 16.0 Å². The van der Waals surface area contributed by atoms with Crippen LogP contribution in [0.3, 0.4) is 0 Å². The van der Waals surface area contributed by atoms with E-state index in [1.807, 2.05) is 25.3 Å². The maximum absolute atomic E-state index is 11.4. The molecular weight excluding hydrogens is 340 g/mol. The predicted molar refractivity (Wildman–Crippen MR) is 107 cm³/mol. The molecule has 1 amide bonds. The largest absolute Gasteiger partial charge is 0.369 e. The smallest absolute Gasteiger partial charge is 0.220 e. The number of aryl methyl sites for hydroxylation is 1. The molecule has 3 heterocycles. The van der Waals surface area contributed by atoms with Gasteiger partial charge in [-0.1, -0.05) is 19.9 Å². The molecular formula is C20H28N6O. The van der Waals surface area contributed by atoms with Crippen LogP contribution in [-0.4, -0.2) is 33.9 Å². The lowest BCUT2D eigenvalue weighted by molar-refractivity contribution is -0.122. The Bertz CT molecular complexity index is 799. The SMILES string of the molecule is Cc1cc(NCc2cccnc2N2CCC(C(N)=O)CC2)nc(C(C)C)n1. The van der Waals surface area contributed by atoms with Crippen LogP contribution in [0.4, 0.5) is 11.6 Å². The number of primary amides is 1. The summed E-state index contributed by atoms with van der Waals surface area (Å²) in [7, 11) is 0. The van der Waals surface area contributed by atoms with Crippen molar-refractivity contribution in [3.63, 3.8) is 0 Å². The number of aromatic nitrogens is 3. The summed E-state index contributed by atoms with van der Waals surface area (Å²) < 4.78 is 0. The molecule has 0 spiro atoms. The van der Waals surface area contributed by atoms with Gasteiger partial charge in [-0.25, -0.2) is 15.0 Å². The van der Waals surface area contributed by atoms with Crippen LogP contribution in [0.2, 0.25) is 0 Å². The van der Waals surface area contributed by atoms with E-state index < -0.39 is 0 Å². The molecule has 144 valence electrons. The van der Waals surface area contributed by atoms with Gasteiger partial charge in [-0.05, 0) is 25.8 Å². The molecule has 0 aromatic carbocycles. The number of hydrogen-bond acceptors (Lipinski definition) is 6. The van der Waals surface area contributed by atoms with Crippen molar-refractivity contribution in [2.45, 2.75) is 46.1 Å². The molecule has 0 saturated carbocycles. The fourth-order valence-electron chi connectivity index (χ4n) is 3.35. The number of hydrogen-bond donors (Lipinski definition) is 2. The second-order valence-corrected chi connectivity index (χ2v) is 7.41.